The molecule has 0 aliphatic rings. The van der Waals surface area contributed by atoms with Crippen molar-refractivity contribution in [2.75, 3.05) is 14.2 Å². The Balaban J connectivity index is 2.49. The lowest BCUT2D eigenvalue weighted by Gasteiger charge is -2.19. The van der Waals surface area contributed by atoms with Gasteiger partial charge in [-0.1, -0.05) is 50.1 Å². The molecule has 0 fully saturated rings. The van der Waals surface area contributed by atoms with E-state index in [9.17, 15) is 5.11 Å². The third-order valence-electron chi connectivity index (χ3n) is 2.63. The highest BCUT2D eigenvalue weighted by Crippen LogP contribution is 2.29. The molecule has 0 atom stereocenters. The first kappa shape index (κ1) is 13.6. The second-order valence-electron chi connectivity index (χ2n) is 3.79. The van der Waals surface area contributed by atoms with Crippen molar-refractivity contribution in [2.45, 2.75) is 0 Å². The van der Waals surface area contributed by atoms with Crippen LogP contribution in [0.3, 0.4) is 0 Å². The number of rotatable bonds is 4. The highest BCUT2D eigenvalue weighted by molar-refractivity contribution is 7.49. The summed E-state index contributed by atoms with van der Waals surface area (Å²) in [6.45, 7) is 0. The van der Waals surface area contributed by atoms with Gasteiger partial charge in [-0.15, -0.1) is 0 Å². The second-order valence-corrected chi connectivity index (χ2v) is 4.94. The molecule has 0 aliphatic carbocycles. The minimum absolute atomic E-state index is 0.0412. The van der Waals surface area contributed by atoms with Crippen LogP contribution in [0.1, 0.15) is 5.56 Å². The second kappa shape index (κ2) is 6.37. The van der Waals surface area contributed by atoms with Crippen molar-refractivity contribution in [3.63, 3.8) is 0 Å². The van der Waals surface area contributed by atoms with Gasteiger partial charge in [-0.25, -0.2) is 0 Å². The molecule has 0 saturated heterocycles. The van der Waals surface area contributed by atoms with Crippen LogP contribution < -0.4 is 19.9 Å². The Bertz CT molecular complexity index is 557. The molecule has 2 rings (SSSR count). The summed E-state index contributed by atoms with van der Waals surface area (Å²) in [6, 6.07) is 14.9. The van der Waals surface area contributed by atoms with Crippen LogP contribution in [0, 0.1) is 0 Å². The zero-order valence-corrected chi connectivity index (χ0v) is 11.7. The molecule has 98 valence electrons. The van der Waals surface area contributed by atoms with Crippen molar-refractivity contribution < 1.29 is 14.6 Å². The molecule has 0 spiro atoms. The number of hydrogen-bond acceptors (Lipinski definition) is 3. The Kier molecular flexibility index (Phi) is 4.56. The van der Waals surface area contributed by atoms with E-state index in [2.05, 4.69) is 0 Å². The van der Waals surface area contributed by atoms with Gasteiger partial charge in [0.05, 0.1) is 14.2 Å². The third-order valence-corrected chi connectivity index (χ3v) is 3.61. The van der Waals surface area contributed by atoms with Crippen LogP contribution in [-0.4, -0.2) is 19.7 Å². The number of hydrogen-bond donors (Lipinski definition) is 0. The number of methoxy groups -OCH3 is 2. The van der Waals surface area contributed by atoms with Crippen LogP contribution in [-0.2, 0) is 0 Å². The molecule has 3 nitrogen and oxygen atoms in total. The van der Waals surface area contributed by atoms with E-state index in [1.807, 2.05) is 30.3 Å². The normalized spacial score (nSPS) is 11.2. The lowest BCUT2D eigenvalue weighted by Crippen LogP contribution is -2.19. The zero-order valence-electron chi connectivity index (χ0n) is 10.8. The van der Waals surface area contributed by atoms with Gasteiger partial charge in [0, 0.05) is 10.9 Å². The van der Waals surface area contributed by atoms with Crippen molar-refractivity contribution in [1.82, 2.24) is 0 Å². The minimum atomic E-state index is -0.0412. The summed E-state index contributed by atoms with van der Waals surface area (Å²) >= 11 is 0. The summed E-state index contributed by atoms with van der Waals surface area (Å²) in [5.74, 6) is 1.07. The summed E-state index contributed by atoms with van der Waals surface area (Å²) in [7, 11) is 3.70. The standard InChI is InChI=1S/C15H15O3P/c1-17-12-9-6-10-13(18-2)14(12)15(16)19-11-7-4-3-5-8-11/h3-10,16H,1-2H3/p-1. The fourth-order valence-electron chi connectivity index (χ4n) is 1.74. The first-order valence-corrected chi connectivity index (χ1v) is 6.68. The third kappa shape index (κ3) is 3.14. The molecule has 4 heteroatoms. The maximum atomic E-state index is 12.4. The van der Waals surface area contributed by atoms with Crippen molar-refractivity contribution in [1.29, 1.82) is 0 Å². The lowest BCUT2D eigenvalue weighted by atomic mass is 10.2. The molecule has 0 saturated carbocycles. The first-order chi connectivity index (χ1) is 9.26. The summed E-state index contributed by atoms with van der Waals surface area (Å²) in [6.07, 6.45) is 0. The molecule has 0 amide bonds. The Hall–Kier alpha value is -1.83. The summed E-state index contributed by atoms with van der Waals surface area (Å²) in [5.41, 5.74) is 0.443. The van der Waals surface area contributed by atoms with Crippen LogP contribution in [0.4, 0.5) is 0 Å². The van der Waals surface area contributed by atoms with E-state index in [4.69, 9.17) is 9.47 Å². The molecule has 2 aromatic rings. The van der Waals surface area contributed by atoms with Gasteiger partial charge in [0.15, 0.2) is 0 Å². The fourth-order valence-corrected chi connectivity index (χ4v) is 2.63. The Morgan fingerprint density at radius 3 is 2.00 bits per heavy atom. The van der Waals surface area contributed by atoms with Crippen molar-refractivity contribution in [3.8, 4) is 11.5 Å². The van der Waals surface area contributed by atoms with Gasteiger partial charge in [0.2, 0.25) is 0 Å². The number of benzene rings is 2. The van der Waals surface area contributed by atoms with Crippen LogP contribution in [0.2, 0.25) is 0 Å². The van der Waals surface area contributed by atoms with E-state index in [1.54, 1.807) is 32.4 Å². The van der Waals surface area contributed by atoms with Crippen molar-refractivity contribution in [3.05, 3.63) is 54.1 Å². The molecule has 0 heterocycles. The quantitative estimate of drug-likeness (QED) is 0.798. The largest absolute Gasteiger partial charge is 0.823 e. The van der Waals surface area contributed by atoms with Gasteiger partial charge in [-0.2, -0.15) is 0 Å². The fraction of sp³-hybridized carbons (Fsp3) is 0.133. The highest BCUT2D eigenvalue weighted by atomic mass is 31.1. The summed E-state index contributed by atoms with van der Waals surface area (Å²) in [5, 5.41) is 13.3. The van der Waals surface area contributed by atoms with Gasteiger partial charge in [-0.05, 0) is 12.1 Å². The van der Waals surface area contributed by atoms with E-state index >= 15 is 0 Å². The minimum Gasteiger partial charge on any atom is -0.823 e. The molecule has 0 radical (unpaired) electrons. The molecule has 0 aromatic heterocycles. The Labute approximate surface area is 114 Å². The van der Waals surface area contributed by atoms with E-state index < -0.39 is 0 Å². The molecule has 2 aromatic carbocycles. The van der Waals surface area contributed by atoms with Crippen LogP contribution >= 0.6 is 8.20 Å². The molecule has 0 unspecified atom stereocenters. The van der Waals surface area contributed by atoms with Gasteiger partial charge < -0.3 is 14.6 Å². The van der Waals surface area contributed by atoms with Crippen molar-refractivity contribution >= 4 is 19.0 Å². The van der Waals surface area contributed by atoms with Crippen LogP contribution in [0.25, 0.3) is 0 Å². The van der Waals surface area contributed by atoms with Gasteiger partial charge in [-0.3, -0.25) is 0 Å². The maximum Gasteiger partial charge on any atom is 0.129 e. The highest BCUT2D eigenvalue weighted by Gasteiger charge is 2.08. The Morgan fingerprint density at radius 2 is 1.47 bits per heavy atom. The van der Waals surface area contributed by atoms with Crippen LogP contribution in [0.15, 0.2) is 48.5 Å². The maximum absolute atomic E-state index is 12.4. The average molecular weight is 273 g/mol. The van der Waals surface area contributed by atoms with E-state index in [0.717, 1.165) is 5.30 Å². The van der Waals surface area contributed by atoms with Gasteiger partial charge in [0.25, 0.3) is 0 Å². The molecular formula is C15H14O3P-. The summed E-state index contributed by atoms with van der Waals surface area (Å²) in [4.78, 5) is 0. The molecular weight excluding hydrogens is 259 g/mol. The lowest BCUT2D eigenvalue weighted by molar-refractivity contribution is -0.207. The molecule has 0 aliphatic heterocycles. The first-order valence-electron chi connectivity index (χ1n) is 5.78. The topological polar surface area (TPSA) is 41.5 Å². The Morgan fingerprint density at radius 1 is 0.895 bits per heavy atom. The zero-order chi connectivity index (χ0) is 13.7. The van der Waals surface area contributed by atoms with Gasteiger partial charge in [0.1, 0.15) is 11.5 Å². The predicted octanol–water partition coefficient (Wildman–Crippen LogP) is 1.81. The van der Waals surface area contributed by atoms with Crippen LogP contribution in [0.5, 0.6) is 11.5 Å². The van der Waals surface area contributed by atoms with E-state index in [-0.39, 0.29) is 5.48 Å². The van der Waals surface area contributed by atoms with Gasteiger partial charge >= 0.3 is 0 Å². The predicted molar refractivity (Wildman–Crippen MR) is 76.7 cm³/mol. The molecule has 0 N–H and O–H groups in total. The van der Waals surface area contributed by atoms with E-state index in [1.165, 1.54) is 0 Å². The monoisotopic (exact) mass is 273 g/mol. The van der Waals surface area contributed by atoms with E-state index in [0.29, 0.717) is 25.3 Å². The summed E-state index contributed by atoms with van der Waals surface area (Å²) < 4.78 is 10.5. The number of ether oxygens (including phenoxy) is 2. The SMILES string of the molecule is COc1cccc(OC)c1C([O-])=Pc1ccccc1. The van der Waals surface area contributed by atoms with Crippen molar-refractivity contribution in [2.24, 2.45) is 0 Å². The smallest absolute Gasteiger partial charge is 0.129 e. The average Bonchev–Trinajstić information content (AvgIpc) is 2.47. The molecule has 19 heavy (non-hydrogen) atoms. The molecule has 0 bridgehead atoms.